The topological polar surface area (TPSA) is 69.7 Å². The summed E-state index contributed by atoms with van der Waals surface area (Å²) in [5, 5.41) is 0. The number of cyclic esters (lactones) is 2. The van der Waals surface area contributed by atoms with Gasteiger partial charge in [0.25, 0.3) is 0 Å². The van der Waals surface area contributed by atoms with E-state index in [1.807, 2.05) is 0 Å². The van der Waals surface area contributed by atoms with Crippen molar-refractivity contribution < 1.29 is 23.9 Å². The van der Waals surface area contributed by atoms with E-state index in [2.05, 4.69) is 0 Å². The van der Waals surface area contributed by atoms with Crippen LogP contribution in [0.4, 0.5) is 0 Å². The van der Waals surface area contributed by atoms with Gasteiger partial charge in [-0.1, -0.05) is 0 Å². The number of esters is 2. The van der Waals surface area contributed by atoms with Crippen LogP contribution in [0.3, 0.4) is 0 Å². The molecular weight excluding hydrogens is 248 g/mol. The normalized spacial score (nSPS) is 42.6. The molecule has 1 saturated heterocycles. The Bertz CT molecular complexity index is 443. The largest absolute Gasteiger partial charge is 0.463 e. The number of hydrogen-bond acceptors (Lipinski definition) is 5. The third-order valence-corrected chi connectivity index (χ3v) is 4.98. The number of carbonyl (C=O) groups is 3. The van der Waals surface area contributed by atoms with Crippen molar-refractivity contribution in [3.63, 3.8) is 0 Å². The molecular formula is C14H18O5. The van der Waals surface area contributed by atoms with Crippen LogP contribution >= 0.6 is 0 Å². The van der Waals surface area contributed by atoms with Crippen LogP contribution in [0.1, 0.15) is 39.0 Å². The molecule has 5 heteroatoms. The van der Waals surface area contributed by atoms with Crippen molar-refractivity contribution in [3.05, 3.63) is 0 Å². The maximum Gasteiger partial charge on any atom is 0.347 e. The molecule has 3 fully saturated rings. The zero-order valence-electron chi connectivity index (χ0n) is 11.0. The van der Waals surface area contributed by atoms with Gasteiger partial charge >= 0.3 is 11.9 Å². The fourth-order valence-corrected chi connectivity index (χ4v) is 3.88. The molecule has 5 nitrogen and oxygen atoms in total. The van der Waals surface area contributed by atoms with E-state index in [0.29, 0.717) is 25.9 Å². The lowest BCUT2D eigenvalue weighted by Gasteiger charge is -2.55. The highest BCUT2D eigenvalue weighted by Gasteiger charge is 2.64. The molecule has 0 bridgehead atoms. The van der Waals surface area contributed by atoms with Crippen molar-refractivity contribution in [2.24, 2.45) is 17.3 Å². The molecule has 2 aliphatic carbocycles. The van der Waals surface area contributed by atoms with Crippen LogP contribution in [0.15, 0.2) is 0 Å². The highest BCUT2D eigenvalue weighted by molar-refractivity contribution is 5.93. The van der Waals surface area contributed by atoms with Gasteiger partial charge in [0, 0.05) is 12.3 Å². The van der Waals surface area contributed by atoms with E-state index in [1.54, 1.807) is 0 Å². The van der Waals surface area contributed by atoms with E-state index in [1.165, 1.54) is 6.92 Å². The molecule has 0 aromatic carbocycles. The Morgan fingerprint density at radius 1 is 1.26 bits per heavy atom. The Hall–Kier alpha value is -1.39. The van der Waals surface area contributed by atoms with Crippen molar-refractivity contribution in [1.29, 1.82) is 0 Å². The fraction of sp³-hybridized carbons (Fsp3) is 0.786. The Balaban J connectivity index is 1.91. The minimum absolute atomic E-state index is 0.118. The summed E-state index contributed by atoms with van der Waals surface area (Å²) < 4.78 is 10.3. The van der Waals surface area contributed by atoms with Crippen LogP contribution < -0.4 is 0 Å². The second-order valence-corrected chi connectivity index (χ2v) is 5.85. The summed E-state index contributed by atoms with van der Waals surface area (Å²) in [5.41, 5.74) is -0.669. The highest BCUT2D eigenvalue weighted by Crippen LogP contribution is 2.60. The molecule has 0 unspecified atom stereocenters. The van der Waals surface area contributed by atoms with Gasteiger partial charge in [-0.05, 0) is 38.5 Å². The zero-order chi connectivity index (χ0) is 13.6. The molecule has 4 atom stereocenters. The monoisotopic (exact) mass is 266 g/mol. The minimum atomic E-state index is -0.876. The lowest BCUT2D eigenvalue weighted by molar-refractivity contribution is -0.192. The predicted molar refractivity (Wildman–Crippen MR) is 64.0 cm³/mol. The summed E-state index contributed by atoms with van der Waals surface area (Å²) in [4.78, 5) is 36.0. The Kier molecular flexibility index (Phi) is 2.87. The number of hydrogen-bond donors (Lipinski definition) is 0. The quantitative estimate of drug-likeness (QED) is 0.617. The van der Waals surface area contributed by atoms with Gasteiger partial charge in [-0.3, -0.25) is 9.59 Å². The molecule has 0 aromatic rings. The summed E-state index contributed by atoms with van der Waals surface area (Å²) in [6, 6.07) is 0. The third-order valence-electron chi connectivity index (χ3n) is 4.98. The highest BCUT2D eigenvalue weighted by atomic mass is 16.6. The van der Waals surface area contributed by atoms with Gasteiger partial charge in [0.1, 0.15) is 5.78 Å². The molecule has 1 aliphatic heterocycles. The first-order valence-corrected chi connectivity index (χ1v) is 6.96. The summed E-state index contributed by atoms with van der Waals surface area (Å²) in [6.07, 6.45) is 2.52. The summed E-state index contributed by atoms with van der Waals surface area (Å²) >= 11 is 0. The van der Waals surface area contributed by atoms with Crippen LogP contribution in [0, 0.1) is 17.3 Å². The number of Topliss-reactive ketones (excluding diaryl/α,β-unsaturated/α-hetero) is 1. The minimum Gasteiger partial charge on any atom is -0.463 e. The average Bonchev–Trinajstić information content (AvgIpc) is 2.37. The third kappa shape index (κ3) is 1.70. The molecule has 0 radical (unpaired) electrons. The van der Waals surface area contributed by atoms with Gasteiger partial charge < -0.3 is 9.47 Å². The van der Waals surface area contributed by atoms with Gasteiger partial charge in [0.2, 0.25) is 0 Å². The zero-order valence-corrected chi connectivity index (χ0v) is 11.0. The number of ketones is 1. The van der Waals surface area contributed by atoms with Crippen molar-refractivity contribution in [2.45, 2.75) is 45.1 Å². The van der Waals surface area contributed by atoms with E-state index < -0.39 is 17.5 Å². The second kappa shape index (κ2) is 4.32. The first-order chi connectivity index (χ1) is 9.05. The molecule has 0 amide bonds. The molecule has 104 valence electrons. The van der Waals surface area contributed by atoms with Crippen LogP contribution in [-0.4, -0.2) is 30.4 Å². The molecule has 2 saturated carbocycles. The molecule has 0 N–H and O–H groups in total. The van der Waals surface area contributed by atoms with E-state index in [-0.39, 0.29) is 23.6 Å². The SMILES string of the molecule is C[C@@H]1OC(=O)[C@]23CCCC(=O)[C@H]2C[C@@H]3CCOC1=O. The molecule has 3 rings (SSSR count). The standard InChI is InChI=1S/C14H18O5/c1-8-12(16)18-6-4-9-7-10-11(15)3-2-5-14(9,10)13(17)19-8/h8-10H,2-7H2,1H3/t8-,9-,10+,14-/m0/s1. The molecule has 1 spiro atoms. The van der Waals surface area contributed by atoms with Crippen molar-refractivity contribution in [2.75, 3.05) is 6.61 Å². The van der Waals surface area contributed by atoms with Crippen molar-refractivity contribution in [3.8, 4) is 0 Å². The maximum atomic E-state index is 12.5. The Morgan fingerprint density at radius 2 is 2.05 bits per heavy atom. The second-order valence-electron chi connectivity index (χ2n) is 5.85. The predicted octanol–water partition coefficient (Wildman–Crippen LogP) is 1.24. The summed E-state index contributed by atoms with van der Waals surface area (Å²) in [6.45, 7) is 1.84. The lowest BCUT2D eigenvalue weighted by atomic mass is 9.46. The first-order valence-electron chi connectivity index (χ1n) is 6.96. The fourth-order valence-electron chi connectivity index (χ4n) is 3.88. The van der Waals surface area contributed by atoms with E-state index >= 15 is 0 Å². The molecule has 0 aromatic heterocycles. The van der Waals surface area contributed by atoms with Crippen LogP contribution in [-0.2, 0) is 23.9 Å². The van der Waals surface area contributed by atoms with Gasteiger partial charge in [0.15, 0.2) is 6.10 Å². The smallest absolute Gasteiger partial charge is 0.347 e. The maximum absolute atomic E-state index is 12.5. The summed E-state index contributed by atoms with van der Waals surface area (Å²) in [5.74, 6) is -0.761. The van der Waals surface area contributed by atoms with Crippen molar-refractivity contribution >= 4 is 17.7 Å². The molecule has 3 aliphatic rings. The number of carbonyl (C=O) groups excluding carboxylic acids is 3. The van der Waals surface area contributed by atoms with E-state index in [0.717, 1.165) is 12.8 Å². The van der Waals surface area contributed by atoms with Crippen LogP contribution in [0.5, 0.6) is 0 Å². The van der Waals surface area contributed by atoms with E-state index in [9.17, 15) is 14.4 Å². The van der Waals surface area contributed by atoms with Crippen LogP contribution in [0.2, 0.25) is 0 Å². The molecule has 19 heavy (non-hydrogen) atoms. The Labute approximate surface area is 111 Å². The van der Waals surface area contributed by atoms with Crippen molar-refractivity contribution in [1.82, 2.24) is 0 Å². The van der Waals surface area contributed by atoms with E-state index in [4.69, 9.17) is 9.47 Å². The van der Waals surface area contributed by atoms with Gasteiger partial charge in [-0.2, -0.15) is 0 Å². The van der Waals surface area contributed by atoms with Gasteiger partial charge in [-0.15, -0.1) is 0 Å². The lowest BCUT2D eigenvalue weighted by Crippen LogP contribution is -2.60. The Morgan fingerprint density at radius 3 is 2.84 bits per heavy atom. The van der Waals surface area contributed by atoms with Gasteiger partial charge in [-0.25, -0.2) is 4.79 Å². The number of rotatable bonds is 0. The molecule has 1 heterocycles. The average molecular weight is 266 g/mol. The first kappa shape index (κ1) is 12.6. The van der Waals surface area contributed by atoms with Gasteiger partial charge in [0.05, 0.1) is 12.0 Å². The number of ether oxygens (including phenoxy) is 2. The summed E-state index contributed by atoms with van der Waals surface area (Å²) in [7, 11) is 0. The van der Waals surface area contributed by atoms with Crippen LogP contribution in [0.25, 0.3) is 0 Å².